The highest BCUT2D eigenvalue weighted by molar-refractivity contribution is 7.89. The van der Waals surface area contributed by atoms with Crippen molar-refractivity contribution in [1.29, 1.82) is 0 Å². The third-order valence-corrected chi connectivity index (χ3v) is 3.94. The van der Waals surface area contributed by atoms with Crippen molar-refractivity contribution in [1.82, 2.24) is 14.7 Å². The molecule has 0 atom stereocenters. The van der Waals surface area contributed by atoms with Crippen molar-refractivity contribution in [3.8, 4) is 0 Å². The van der Waals surface area contributed by atoms with Crippen molar-refractivity contribution >= 4 is 15.7 Å². The number of nitrogens with zero attached hydrogens (tertiary/aromatic N) is 2. The Balaban J connectivity index is 2.18. The number of hydrogen-bond donors (Lipinski definition) is 2. The van der Waals surface area contributed by atoms with Gasteiger partial charge in [0.2, 0.25) is 0 Å². The Morgan fingerprint density at radius 2 is 2.00 bits per heavy atom. The number of aromatic nitrogens is 2. The van der Waals surface area contributed by atoms with E-state index in [4.69, 9.17) is 0 Å². The SMILES string of the molecule is CCNc1cccnc1S(=O)(=O)NCc1cccnc1. The van der Waals surface area contributed by atoms with E-state index in [0.29, 0.717) is 12.2 Å². The van der Waals surface area contributed by atoms with E-state index in [1.165, 1.54) is 6.20 Å². The summed E-state index contributed by atoms with van der Waals surface area (Å²) >= 11 is 0. The van der Waals surface area contributed by atoms with Crippen LogP contribution in [0.25, 0.3) is 0 Å². The standard InChI is InChI=1S/C13H16N4O2S/c1-2-15-12-6-4-8-16-13(12)20(18,19)17-10-11-5-3-7-14-9-11/h3-9,15,17H,2,10H2,1H3. The second-order valence-electron chi connectivity index (χ2n) is 4.07. The molecule has 20 heavy (non-hydrogen) atoms. The molecule has 0 bridgehead atoms. The van der Waals surface area contributed by atoms with Crippen molar-refractivity contribution in [3.63, 3.8) is 0 Å². The van der Waals surface area contributed by atoms with Gasteiger partial charge in [-0.1, -0.05) is 6.07 Å². The molecule has 0 amide bonds. The van der Waals surface area contributed by atoms with Crippen LogP contribution in [0.3, 0.4) is 0 Å². The highest BCUT2D eigenvalue weighted by Crippen LogP contribution is 2.17. The van der Waals surface area contributed by atoms with Crippen LogP contribution in [0.1, 0.15) is 12.5 Å². The van der Waals surface area contributed by atoms with Crippen LogP contribution in [0.2, 0.25) is 0 Å². The van der Waals surface area contributed by atoms with E-state index in [9.17, 15) is 8.42 Å². The molecular formula is C13H16N4O2S. The number of hydrogen-bond acceptors (Lipinski definition) is 5. The first-order valence-corrected chi connectivity index (χ1v) is 7.69. The first kappa shape index (κ1) is 14.4. The Labute approximate surface area is 118 Å². The van der Waals surface area contributed by atoms with Crippen LogP contribution >= 0.6 is 0 Å². The van der Waals surface area contributed by atoms with Gasteiger partial charge in [-0.3, -0.25) is 4.98 Å². The Kier molecular flexibility index (Phi) is 4.65. The van der Waals surface area contributed by atoms with E-state index < -0.39 is 10.0 Å². The molecule has 0 radical (unpaired) electrons. The summed E-state index contributed by atoms with van der Waals surface area (Å²) in [6, 6.07) is 6.95. The summed E-state index contributed by atoms with van der Waals surface area (Å²) in [5, 5.41) is 2.99. The van der Waals surface area contributed by atoms with Gasteiger partial charge in [-0.25, -0.2) is 18.1 Å². The number of sulfonamides is 1. The quantitative estimate of drug-likeness (QED) is 0.840. The number of rotatable bonds is 6. The molecular weight excluding hydrogens is 276 g/mol. The number of nitrogens with one attached hydrogen (secondary N) is 2. The van der Waals surface area contributed by atoms with Crippen LogP contribution in [0.15, 0.2) is 47.9 Å². The smallest absolute Gasteiger partial charge is 0.260 e. The third-order valence-electron chi connectivity index (χ3n) is 2.58. The van der Waals surface area contributed by atoms with Crippen molar-refractivity contribution in [2.75, 3.05) is 11.9 Å². The fourth-order valence-electron chi connectivity index (χ4n) is 1.68. The summed E-state index contributed by atoms with van der Waals surface area (Å²) in [7, 11) is -3.66. The largest absolute Gasteiger partial charge is 0.383 e. The van der Waals surface area contributed by atoms with Gasteiger partial charge in [-0.05, 0) is 30.7 Å². The van der Waals surface area contributed by atoms with Gasteiger partial charge < -0.3 is 5.32 Å². The van der Waals surface area contributed by atoms with E-state index in [1.54, 1.807) is 36.7 Å². The lowest BCUT2D eigenvalue weighted by Crippen LogP contribution is -2.25. The van der Waals surface area contributed by atoms with Crippen molar-refractivity contribution in [3.05, 3.63) is 48.4 Å². The summed E-state index contributed by atoms with van der Waals surface area (Å²) in [6.07, 6.45) is 4.71. The zero-order chi connectivity index (χ0) is 14.4. The van der Waals surface area contributed by atoms with E-state index in [-0.39, 0.29) is 11.6 Å². The molecule has 0 spiro atoms. The summed E-state index contributed by atoms with van der Waals surface area (Å²) in [5.41, 5.74) is 1.28. The topological polar surface area (TPSA) is 84.0 Å². The van der Waals surface area contributed by atoms with Crippen LogP contribution in [0.5, 0.6) is 0 Å². The molecule has 0 saturated heterocycles. The molecule has 7 heteroatoms. The molecule has 106 valence electrons. The van der Waals surface area contributed by atoms with Gasteiger partial charge in [0, 0.05) is 31.7 Å². The van der Waals surface area contributed by atoms with Crippen LogP contribution in [-0.2, 0) is 16.6 Å². The predicted octanol–water partition coefficient (Wildman–Crippen LogP) is 1.39. The lowest BCUT2D eigenvalue weighted by Gasteiger charge is -2.11. The maximum atomic E-state index is 12.3. The molecule has 2 aromatic heterocycles. The Bertz CT molecular complexity index is 659. The Morgan fingerprint density at radius 3 is 2.70 bits per heavy atom. The summed E-state index contributed by atoms with van der Waals surface area (Å²) < 4.78 is 27.1. The zero-order valence-electron chi connectivity index (χ0n) is 11.1. The molecule has 0 aromatic carbocycles. The summed E-state index contributed by atoms with van der Waals surface area (Å²) in [5.74, 6) is 0. The molecule has 2 aromatic rings. The van der Waals surface area contributed by atoms with E-state index in [1.807, 2.05) is 6.92 Å². The number of anilines is 1. The van der Waals surface area contributed by atoms with Gasteiger partial charge in [-0.15, -0.1) is 0 Å². The molecule has 2 N–H and O–H groups in total. The molecule has 0 aliphatic carbocycles. The predicted molar refractivity (Wildman–Crippen MR) is 76.7 cm³/mol. The van der Waals surface area contributed by atoms with E-state index in [0.717, 1.165) is 5.56 Å². The molecule has 6 nitrogen and oxygen atoms in total. The number of pyridine rings is 2. The van der Waals surface area contributed by atoms with Crippen molar-refractivity contribution < 1.29 is 8.42 Å². The molecule has 0 aliphatic heterocycles. The molecule has 0 fully saturated rings. The minimum Gasteiger partial charge on any atom is -0.383 e. The first-order valence-electron chi connectivity index (χ1n) is 6.21. The van der Waals surface area contributed by atoms with Crippen LogP contribution in [0.4, 0.5) is 5.69 Å². The van der Waals surface area contributed by atoms with Gasteiger partial charge in [0.1, 0.15) is 0 Å². The van der Waals surface area contributed by atoms with Crippen molar-refractivity contribution in [2.45, 2.75) is 18.5 Å². The highest BCUT2D eigenvalue weighted by atomic mass is 32.2. The average Bonchev–Trinajstić information content (AvgIpc) is 2.47. The summed E-state index contributed by atoms with van der Waals surface area (Å²) in [6.45, 7) is 2.70. The van der Waals surface area contributed by atoms with Crippen LogP contribution in [-0.4, -0.2) is 24.9 Å². The fourth-order valence-corrected chi connectivity index (χ4v) is 2.80. The maximum absolute atomic E-state index is 12.3. The van der Waals surface area contributed by atoms with Crippen LogP contribution < -0.4 is 10.0 Å². The van der Waals surface area contributed by atoms with Gasteiger partial charge in [0.15, 0.2) is 5.03 Å². The maximum Gasteiger partial charge on any atom is 0.260 e. The van der Waals surface area contributed by atoms with Crippen molar-refractivity contribution in [2.24, 2.45) is 0 Å². The van der Waals surface area contributed by atoms with Gasteiger partial charge in [0.05, 0.1) is 5.69 Å². The lowest BCUT2D eigenvalue weighted by molar-refractivity contribution is 0.577. The van der Waals surface area contributed by atoms with E-state index in [2.05, 4.69) is 20.0 Å². The lowest BCUT2D eigenvalue weighted by atomic mass is 10.3. The normalized spacial score (nSPS) is 11.2. The molecule has 0 aliphatic rings. The van der Waals surface area contributed by atoms with Gasteiger partial charge >= 0.3 is 0 Å². The average molecular weight is 292 g/mol. The third kappa shape index (κ3) is 3.52. The van der Waals surface area contributed by atoms with E-state index >= 15 is 0 Å². The molecule has 0 unspecified atom stereocenters. The fraction of sp³-hybridized carbons (Fsp3) is 0.231. The highest BCUT2D eigenvalue weighted by Gasteiger charge is 2.19. The van der Waals surface area contributed by atoms with Gasteiger partial charge in [-0.2, -0.15) is 0 Å². The monoisotopic (exact) mass is 292 g/mol. The molecule has 2 rings (SSSR count). The van der Waals surface area contributed by atoms with Crippen LogP contribution in [0, 0.1) is 0 Å². The molecule has 2 heterocycles. The summed E-state index contributed by atoms with van der Waals surface area (Å²) in [4.78, 5) is 7.89. The molecule has 0 saturated carbocycles. The minimum atomic E-state index is -3.66. The van der Waals surface area contributed by atoms with Gasteiger partial charge in [0.25, 0.3) is 10.0 Å². The zero-order valence-corrected chi connectivity index (χ0v) is 11.9. The Hall–Kier alpha value is -1.99. The second-order valence-corrected chi connectivity index (χ2v) is 5.75. The second kappa shape index (κ2) is 6.44. The minimum absolute atomic E-state index is 0.00532. The first-order chi connectivity index (χ1) is 9.63. The Morgan fingerprint density at radius 1 is 1.20 bits per heavy atom.